The topological polar surface area (TPSA) is 75.4 Å². The molecule has 0 radical (unpaired) electrons. The molecule has 1 aliphatic heterocycles. The van der Waals surface area contributed by atoms with Gasteiger partial charge in [0, 0.05) is 30.8 Å². The zero-order valence-corrected chi connectivity index (χ0v) is 14.4. The van der Waals surface area contributed by atoms with Crippen LogP contribution < -0.4 is 5.32 Å². The first kappa shape index (κ1) is 17.9. The molecular formula is C15H20ClN3O3S. The molecule has 1 aromatic heterocycles. The molecule has 6 nitrogen and oxygen atoms in total. The minimum atomic E-state index is -3.56. The smallest absolute Gasteiger partial charge is 0.244 e. The van der Waals surface area contributed by atoms with E-state index < -0.39 is 10.0 Å². The number of hydrogen-bond donors (Lipinski definition) is 1. The first-order chi connectivity index (χ1) is 10.6. The zero-order valence-electron chi connectivity index (χ0n) is 12.8. The van der Waals surface area contributed by atoms with E-state index in [1.54, 1.807) is 34.6 Å². The average Bonchev–Trinajstić information content (AvgIpc) is 3.19. The Labute approximate surface area is 142 Å². The van der Waals surface area contributed by atoms with Gasteiger partial charge in [-0.1, -0.05) is 17.3 Å². The fourth-order valence-corrected chi connectivity index (χ4v) is 4.83. The third kappa shape index (κ3) is 3.42. The van der Waals surface area contributed by atoms with Crippen molar-refractivity contribution < 1.29 is 12.9 Å². The van der Waals surface area contributed by atoms with Gasteiger partial charge in [-0.3, -0.25) is 0 Å². The molecule has 0 aliphatic carbocycles. The number of hydrogen-bond acceptors (Lipinski definition) is 5. The molecule has 1 atom stereocenters. The SMILES string of the molecule is CNCC1CCCN1S(=O)(=O)c1ccccc1-c1ccno1.Cl. The highest BCUT2D eigenvalue weighted by Gasteiger charge is 2.36. The van der Waals surface area contributed by atoms with Gasteiger partial charge in [0.1, 0.15) is 0 Å². The molecule has 0 saturated carbocycles. The first-order valence-electron chi connectivity index (χ1n) is 7.31. The Bertz CT molecular complexity index is 734. The fourth-order valence-electron chi connectivity index (χ4n) is 2.94. The van der Waals surface area contributed by atoms with E-state index in [4.69, 9.17) is 4.52 Å². The summed E-state index contributed by atoms with van der Waals surface area (Å²) in [5.41, 5.74) is 0.551. The molecule has 126 valence electrons. The molecule has 1 saturated heterocycles. The molecule has 1 aromatic carbocycles. The Morgan fingerprint density at radius 3 is 2.83 bits per heavy atom. The number of halogens is 1. The van der Waals surface area contributed by atoms with Gasteiger partial charge in [-0.25, -0.2) is 8.42 Å². The molecule has 8 heteroatoms. The molecule has 1 aliphatic rings. The van der Waals surface area contributed by atoms with Gasteiger partial charge in [0.2, 0.25) is 10.0 Å². The quantitative estimate of drug-likeness (QED) is 0.887. The van der Waals surface area contributed by atoms with Crippen LogP contribution in [0.25, 0.3) is 11.3 Å². The van der Waals surface area contributed by atoms with Crippen molar-refractivity contribution in [3.8, 4) is 11.3 Å². The van der Waals surface area contributed by atoms with Crippen LogP contribution in [0.3, 0.4) is 0 Å². The van der Waals surface area contributed by atoms with Gasteiger partial charge < -0.3 is 9.84 Å². The van der Waals surface area contributed by atoms with Crippen LogP contribution >= 0.6 is 12.4 Å². The van der Waals surface area contributed by atoms with Crippen molar-refractivity contribution in [3.63, 3.8) is 0 Å². The molecule has 1 N–H and O–H groups in total. The largest absolute Gasteiger partial charge is 0.356 e. The second-order valence-electron chi connectivity index (χ2n) is 5.34. The lowest BCUT2D eigenvalue weighted by Gasteiger charge is -2.24. The predicted molar refractivity (Wildman–Crippen MR) is 90.0 cm³/mol. The second-order valence-corrected chi connectivity index (χ2v) is 7.20. The number of nitrogens with zero attached hydrogens (tertiary/aromatic N) is 2. The number of nitrogens with one attached hydrogen (secondary N) is 1. The first-order valence-corrected chi connectivity index (χ1v) is 8.75. The number of benzene rings is 1. The van der Waals surface area contributed by atoms with Crippen molar-refractivity contribution >= 4 is 22.4 Å². The molecule has 0 bridgehead atoms. The molecule has 2 heterocycles. The maximum absolute atomic E-state index is 13.1. The summed E-state index contributed by atoms with van der Waals surface area (Å²) in [5, 5.41) is 6.74. The molecule has 0 spiro atoms. The number of likely N-dealkylation sites (N-methyl/N-ethyl adjacent to an activating group) is 1. The zero-order chi connectivity index (χ0) is 15.6. The van der Waals surface area contributed by atoms with Gasteiger partial charge in [-0.2, -0.15) is 4.31 Å². The van der Waals surface area contributed by atoms with Gasteiger partial charge in [0.15, 0.2) is 5.76 Å². The van der Waals surface area contributed by atoms with E-state index in [9.17, 15) is 8.42 Å². The summed E-state index contributed by atoms with van der Waals surface area (Å²) in [6.07, 6.45) is 3.28. The van der Waals surface area contributed by atoms with Crippen molar-refractivity contribution in [1.29, 1.82) is 0 Å². The Balaban J connectivity index is 0.00000192. The Kier molecular flexibility index (Phi) is 5.80. The van der Waals surface area contributed by atoms with Crippen LogP contribution in [0.4, 0.5) is 0 Å². The molecule has 1 unspecified atom stereocenters. The monoisotopic (exact) mass is 357 g/mol. The third-order valence-electron chi connectivity index (χ3n) is 3.94. The number of rotatable bonds is 5. The van der Waals surface area contributed by atoms with Gasteiger partial charge in [-0.05, 0) is 32.0 Å². The summed E-state index contributed by atoms with van der Waals surface area (Å²) in [4.78, 5) is 0.273. The van der Waals surface area contributed by atoms with Crippen LogP contribution in [0.1, 0.15) is 12.8 Å². The highest BCUT2D eigenvalue weighted by atomic mass is 35.5. The van der Waals surface area contributed by atoms with Crippen molar-refractivity contribution in [2.75, 3.05) is 20.1 Å². The van der Waals surface area contributed by atoms with Crippen molar-refractivity contribution in [2.45, 2.75) is 23.8 Å². The Morgan fingerprint density at radius 1 is 1.35 bits per heavy atom. The van der Waals surface area contributed by atoms with E-state index >= 15 is 0 Å². The maximum Gasteiger partial charge on any atom is 0.244 e. The van der Waals surface area contributed by atoms with E-state index in [1.807, 2.05) is 7.05 Å². The fraction of sp³-hybridized carbons (Fsp3) is 0.400. The lowest BCUT2D eigenvalue weighted by atomic mass is 10.2. The molecule has 1 fully saturated rings. The normalized spacial score (nSPS) is 18.7. The average molecular weight is 358 g/mol. The van der Waals surface area contributed by atoms with Crippen LogP contribution in [0, 0.1) is 0 Å². The molecule has 0 amide bonds. The molecule has 23 heavy (non-hydrogen) atoms. The van der Waals surface area contributed by atoms with Gasteiger partial charge >= 0.3 is 0 Å². The predicted octanol–water partition coefficient (Wildman–Crippen LogP) is 2.14. The lowest BCUT2D eigenvalue weighted by Crippen LogP contribution is -2.40. The van der Waals surface area contributed by atoms with Crippen molar-refractivity contribution in [1.82, 2.24) is 14.8 Å². The second kappa shape index (κ2) is 7.44. The van der Waals surface area contributed by atoms with E-state index in [-0.39, 0.29) is 23.3 Å². The summed E-state index contributed by atoms with van der Waals surface area (Å²) < 4.78 is 32.9. The summed E-state index contributed by atoms with van der Waals surface area (Å²) in [5.74, 6) is 0.462. The van der Waals surface area contributed by atoms with E-state index in [0.717, 1.165) is 12.8 Å². The van der Waals surface area contributed by atoms with Gasteiger partial charge in [0.25, 0.3) is 0 Å². The number of aromatic nitrogens is 1. The Morgan fingerprint density at radius 2 is 2.13 bits per heavy atom. The maximum atomic E-state index is 13.1. The molecular weight excluding hydrogens is 338 g/mol. The van der Waals surface area contributed by atoms with Crippen LogP contribution in [0.5, 0.6) is 0 Å². The van der Waals surface area contributed by atoms with Crippen LogP contribution in [-0.2, 0) is 10.0 Å². The third-order valence-corrected chi connectivity index (χ3v) is 5.95. The minimum absolute atomic E-state index is 0. The minimum Gasteiger partial charge on any atom is -0.356 e. The molecule has 3 rings (SSSR count). The van der Waals surface area contributed by atoms with E-state index in [1.165, 1.54) is 6.20 Å². The van der Waals surface area contributed by atoms with Crippen molar-refractivity contribution in [2.24, 2.45) is 0 Å². The van der Waals surface area contributed by atoms with Crippen LogP contribution in [0.2, 0.25) is 0 Å². The summed E-state index contributed by atoms with van der Waals surface area (Å²) >= 11 is 0. The van der Waals surface area contributed by atoms with E-state index in [2.05, 4.69) is 10.5 Å². The van der Waals surface area contributed by atoms with E-state index in [0.29, 0.717) is 24.4 Å². The lowest BCUT2D eigenvalue weighted by molar-refractivity contribution is 0.379. The van der Waals surface area contributed by atoms with Gasteiger partial charge in [0.05, 0.1) is 11.1 Å². The highest BCUT2D eigenvalue weighted by Crippen LogP contribution is 2.32. The van der Waals surface area contributed by atoms with Crippen LogP contribution in [0.15, 0.2) is 45.9 Å². The summed E-state index contributed by atoms with van der Waals surface area (Å²) in [7, 11) is -1.72. The Hall–Kier alpha value is -1.41. The molecule has 2 aromatic rings. The highest BCUT2D eigenvalue weighted by molar-refractivity contribution is 7.89. The standard InChI is InChI=1S/C15H19N3O3S.ClH/c1-16-11-12-5-4-10-18(12)22(19,20)15-7-3-2-6-13(15)14-8-9-17-21-14;/h2-3,6-9,12,16H,4-5,10-11H2,1H3;1H. The number of sulfonamides is 1. The summed E-state index contributed by atoms with van der Waals surface area (Å²) in [6.45, 7) is 1.21. The van der Waals surface area contributed by atoms with Gasteiger partial charge in [-0.15, -0.1) is 12.4 Å². The van der Waals surface area contributed by atoms with Crippen LogP contribution in [-0.4, -0.2) is 44.1 Å². The van der Waals surface area contributed by atoms with Crippen molar-refractivity contribution in [3.05, 3.63) is 36.5 Å². The summed E-state index contributed by atoms with van der Waals surface area (Å²) in [6, 6.07) is 8.57.